The van der Waals surface area contributed by atoms with Gasteiger partial charge in [-0.1, -0.05) is 48.0 Å². The lowest BCUT2D eigenvalue weighted by Crippen LogP contribution is -2.46. The Morgan fingerprint density at radius 2 is 1.55 bits per heavy atom. The molecule has 33 heavy (non-hydrogen) atoms. The largest absolute Gasteiger partial charge is 0.444 e. The number of likely N-dealkylation sites (tertiary alicyclic amines) is 1. The summed E-state index contributed by atoms with van der Waals surface area (Å²) in [4.78, 5) is 26.2. The first kappa shape index (κ1) is 24.7. The third-order valence-corrected chi connectivity index (χ3v) is 5.65. The van der Waals surface area contributed by atoms with Crippen molar-refractivity contribution in [2.45, 2.75) is 58.3 Å². The van der Waals surface area contributed by atoms with Crippen molar-refractivity contribution in [3.8, 4) is 0 Å². The van der Waals surface area contributed by atoms with Gasteiger partial charge in [0.1, 0.15) is 5.60 Å². The van der Waals surface area contributed by atoms with Gasteiger partial charge < -0.3 is 25.6 Å². The number of halogens is 1. The van der Waals surface area contributed by atoms with Crippen molar-refractivity contribution in [3.05, 3.63) is 64.7 Å². The number of carbonyl (C=O) groups is 2. The fraction of sp³-hybridized carbons (Fsp3) is 0.440. The first-order valence-corrected chi connectivity index (χ1v) is 11.7. The second-order valence-electron chi connectivity index (χ2n) is 9.22. The Bertz CT molecular complexity index is 935. The highest BCUT2D eigenvalue weighted by molar-refractivity contribution is 6.33. The van der Waals surface area contributed by atoms with Crippen molar-refractivity contribution in [2.24, 2.45) is 0 Å². The molecular weight excluding hydrogens is 440 g/mol. The SMILES string of the molecule is CC(C)(C)OC(=O)NCc1ccc(CNC(=O)N2CCC(Nc3ccccc3Cl)CC2)cc1. The van der Waals surface area contributed by atoms with Crippen LogP contribution in [0.2, 0.25) is 5.02 Å². The number of nitrogens with one attached hydrogen (secondary N) is 3. The number of piperidine rings is 1. The van der Waals surface area contributed by atoms with E-state index in [0.29, 0.717) is 37.2 Å². The number of hydrogen-bond acceptors (Lipinski definition) is 4. The van der Waals surface area contributed by atoms with E-state index in [0.717, 1.165) is 29.7 Å². The van der Waals surface area contributed by atoms with Gasteiger partial charge in [0.2, 0.25) is 0 Å². The van der Waals surface area contributed by atoms with E-state index < -0.39 is 11.7 Å². The van der Waals surface area contributed by atoms with Crippen molar-refractivity contribution in [1.82, 2.24) is 15.5 Å². The number of carbonyl (C=O) groups excluding carboxylic acids is 2. The normalized spacial score (nSPS) is 14.5. The van der Waals surface area contributed by atoms with Gasteiger partial charge >= 0.3 is 12.1 Å². The molecule has 3 rings (SSSR count). The summed E-state index contributed by atoms with van der Waals surface area (Å²) in [7, 11) is 0. The molecule has 0 bridgehead atoms. The Morgan fingerprint density at radius 3 is 2.12 bits per heavy atom. The van der Waals surface area contributed by atoms with E-state index in [1.54, 1.807) is 0 Å². The van der Waals surface area contributed by atoms with Crippen LogP contribution in [0.25, 0.3) is 0 Å². The summed E-state index contributed by atoms with van der Waals surface area (Å²) in [5, 5.41) is 9.92. The second kappa shape index (κ2) is 11.3. The molecule has 8 heteroatoms. The predicted octanol–water partition coefficient (Wildman–Crippen LogP) is 5.15. The number of ether oxygens (including phenoxy) is 1. The van der Waals surface area contributed by atoms with Crippen LogP contribution < -0.4 is 16.0 Å². The lowest BCUT2D eigenvalue weighted by atomic mass is 10.0. The molecule has 1 aliphatic rings. The van der Waals surface area contributed by atoms with Crippen LogP contribution in [0.4, 0.5) is 15.3 Å². The maximum absolute atomic E-state index is 12.6. The zero-order valence-electron chi connectivity index (χ0n) is 19.5. The minimum absolute atomic E-state index is 0.0538. The quantitative estimate of drug-likeness (QED) is 0.543. The second-order valence-corrected chi connectivity index (χ2v) is 9.62. The average molecular weight is 473 g/mol. The van der Waals surface area contributed by atoms with Crippen LogP contribution in [0, 0.1) is 0 Å². The first-order chi connectivity index (χ1) is 15.7. The Labute approximate surface area is 200 Å². The molecule has 3 N–H and O–H groups in total. The number of anilines is 1. The number of amides is 3. The van der Waals surface area contributed by atoms with Crippen LogP contribution in [0.3, 0.4) is 0 Å². The molecule has 0 atom stereocenters. The summed E-state index contributed by atoms with van der Waals surface area (Å²) in [6, 6.07) is 15.7. The van der Waals surface area contributed by atoms with Gasteiger partial charge in [0.15, 0.2) is 0 Å². The molecule has 1 aliphatic heterocycles. The van der Waals surface area contributed by atoms with Crippen LogP contribution in [-0.2, 0) is 17.8 Å². The minimum atomic E-state index is -0.520. The third-order valence-electron chi connectivity index (χ3n) is 5.32. The van der Waals surface area contributed by atoms with Crippen LogP contribution in [0.5, 0.6) is 0 Å². The van der Waals surface area contributed by atoms with Gasteiger partial charge in [0.05, 0.1) is 10.7 Å². The van der Waals surface area contributed by atoms with Gasteiger partial charge in [-0.3, -0.25) is 0 Å². The molecule has 0 aromatic heterocycles. The molecular formula is C25H33ClN4O3. The third kappa shape index (κ3) is 8.17. The molecule has 2 aromatic rings. The Kier molecular flexibility index (Phi) is 8.44. The van der Waals surface area contributed by atoms with E-state index in [9.17, 15) is 9.59 Å². The van der Waals surface area contributed by atoms with Crippen LogP contribution in [0.15, 0.2) is 48.5 Å². The monoisotopic (exact) mass is 472 g/mol. The lowest BCUT2D eigenvalue weighted by molar-refractivity contribution is 0.0523. The van der Waals surface area contributed by atoms with Crippen LogP contribution in [-0.4, -0.2) is 41.8 Å². The molecule has 3 amide bonds. The fourth-order valence-corrected chi connectivity index (χ4v) is 3.77. The molecule has 1 heterocycles. The highest BCUT2D eigenvalue weighted by Gasteiger charge is 2.23. The number of nitrogens with zero attached hydrogens (tertiary/aromatic N) is 1. The molecule has 0 unspecified atom stereocenters. The summed E-state index contributed by atoms with van der Waals surface area (Å²) >= 11 is 6.23. The number of rotatable bonds is 6. The maximum Gasteiger partial charge on any atom is 0.407 e. The van der Waals surface area contributed by atoms with E-state index in [4.69, 9.17) is 16.3 Å². The Hall–Kier alpha value is -2.93. The maximum atomic E-state index is 12.6. The van der Waals surface area contributed by atoms with E-state index in [2.05, 4.69) is 16.0 Å². The van der Waals surface area contributed by atoms with Gasteiger partial charge in [-0.2, -0.15) is 0 Å². The van der Waals surface area contributed by atoms with E-state index in [1.807, 2.05) is 74.2 Å². The summed E-state index contributed by atoms with van der Waals surface area (Å²) in [5.41, 5.74) is 2.38. The van der Waals surface area contributed by atoms with Crippen molar-refractivity contribution >= 4 is 29.4 Å². The van der Waals surface area contributed by atoms with Crippen molar-refractivity contribution < 1.29 is 14.3 Å². The molecule has 0 aliphatic carbocycles. The summed E-state index contributed by atoms with van der Waals surface area (Å²) in [6.07, 6.45) is 1.31. The molecule has 7 nitrogen and oxygen atoms in total. The molecule has 0 saturated carbocycles. The Balaban J connectivity index is 1.37. The van der Waals surface area contributed by atoms with Gasteiger partial charge in [-0.25, -0.2) is 9.59 Å². The van der Waals surface area contributed by atoms with Gasteiger partial charge in [-0.05, 0) is 56.9 Å². The van der Waals surface area contributed by atoms with Crippen molar-refractivity contribution in [1.29, 1.82) is 0 Å². The Morgan fingerprint density at radius 1 is 0.970 bits per heavy atom. The predicted molar refractivity (Wildman–Crippen MR) is 131 cm³/mol. The molecule has 0 spiro atoms. The van der Waals surface area contributed by atoms with Gasteiger partial charge in [-0.15, -0.1) is 0 Å². The van der Waals surface area contributed by atoms with Crippen molar-refractivity contribution in [3.63, 3.8) is 0 Å². The highest BCUT2D eigenvalue weighted by atomic mass is 35.5. The molecule has 1 fully saturated rings. The number of para-hydroxylation sites is 1. The molecule has 178 valence electrons. The average Bonchev–Trinajstić information content (AvgIpc) is 2.78. The molecule has 1 saturated heterocycles. The number of alkyl carbamates (subject to hydrolysis) is 1. The fourth-order valence-electron chi connectivity index (χ4n) is 3.58. The van der Waals surface area contributed by atoms with Crippen LogP contribution in [0.1, 0.15) is 44.7 Å². The zero-order valence-corrected chi connectivity index (χ0v) is 20.2. The number of benzene rings is 2. The first-order valence-electron chi connectivity index (χ1n) is 11.3. The summed E-state index contributed by atoms with van der Waals surface area (Å²) < 4.78 is 5.24. The van der Waals surface area contributed by atoms with Crippen molar-refractivity contribution in [2.75, 3.05) is 18.4 Å². The van der Waals surface area contributed by atoms with E-state index in [1.165, 1.54) is 0 Å². The molecule has 2 aromatic carbocycles. The topological polar surface area (TPSA) is 82.7 Å². The standard InChI is InChI=1S/C25H33ClN4O3/c1-25(2,3)33-24(32)28-17-19-10-8-18(9-11-19)16-27-23(31)30-14-12-20(13-15-30)29-22-7-5-4-6-21(22)26/h4-11,20,29H,12-17H2,1-3H3,(H,27,31)(H,28,32). The minimum Gasteiger partial charge on any atom is -0.444 e. The lowest BCUT2D eigenvalue weighted by Gasteiger charge is -2.33. The molecule has 0 radical (unpaired) electrons. The smallest absolute Gasteiger partial charge is 0.407 e. The summed E-state index contributed by atoms with van der Waals surface area (Å²) in [6.45, 7) is 7.72. The van der Waals surface area contributed by atoms with E-state index in [-0.39, 0.29) is 6.03 Å². The van der Waals surface area contributed by atoms with Crippen LogP contribution >= 0.6 is 11.6 Å². The summed E-state index contributed by atoms with van der Waals surface area (Å²) in [5.74, 6) is 0. The highest BCUT2D eigenvalue weighted by Crippen LogP contribution is 2.24. The number of hydrogen-bond donors (Lipinski definition) is 3. The van der Waals surface area contributed by atoms with Gasteiger partial charge in [0, 0.05) is 32.2 Å². The van der Waals surface area contributed by atoms with E-state index >= 15 is 0 Å². The number of urea groups is 1. The zero-order chi connectivity index (χ0) is 23.8. The van der Waals surface area contributed by atoms with Gasteiger partial charge in [0.25, 0.3) is 0 Å².